The molecule has 0 spiro atoms. The number of rotatable bonds is 3. The van der Waals surface area contributed by atoms with Crippen LogP contribution in [0.1, 0.15) is 17.1 Å². The van der Waals surface area contributed by atoms with E-state index in [4.69, 9.17) is 5.73 Å². The van der Waals surface area contributed by atoms with Crippen LogP contribution in [0.3, 0.4) is 0 Å². The Morgan fingerprint density at radius 2 is 2.14 bits per heavy atom. The fourth-order valence-corrected chi connectivity index (χ4v) is 3.80. The summed E-state index contributed by atoms with van der Waals surface area (Å²) in [4.78, 5) is 14.6. The van der Waals surface area contributed by atoms with Crippen LogP contribution in [0.15, 0.2) is 6.20 Å². The number of nitrogens with two attached hydrogens (primary N) is 1. The smallest absolute Gasteiger partial charge is 0.205 e. The van der Waals surface area contributed by atoms with Crippen LogP contribution in [-0.4, -0.2) is 45.4 Å². The van der Waals surface area contributed by atoms with Crippen molar-refractivity contribution >= 4 is 45.5 Å². The fraction of sp³-hybridized carbons (Fsp3) is 0.583. The van der Waals surface area contributed by atoms with Crippen molar-refractivity contribution < 1.29 is 0 Å². The first-order valence-electron chi connectivity index (χ1n) is 6.68. The van der Waals surface area contributed by atoms with Crippen LogP contribution in [0.25, 0.3) is 0 Å². The van der Waals surface area contributed by atoms with E-state index in [1.54, 1.807) is 11.3 Å². The van der Waals surface area contributed by atoms with E-state index in [-0.39, 0.29) is 12.4 Å². The summed E-state index contributed by atoms with van der Waals surface area (Å²) in [6.45, 7) is 7.08. The largest absolute Gasteiger partial charge is 0.375 e. The minimum atomic E-state index is 0. The number of aryl methyl sites for hydroxylation is 1. The number of halogens is 1. The van der Waals surface area contributed by atoms with Gasteiger partial charge in [0.15, 0.2) is 5.13 Å². The predicted molar refractivity (Wildman–Crippen MR) is 90.5 cm³/mol. The lowest BCUT2D eigenvalue weighted by atomic mass is 10.4. The predicted octanol–water partition coefficient (Wildman–Crippen LogP) is 2.02. The average molecular weight is 347 g/mol. The standard InChI is InChI=1S/C12H18N6S2.ClH/c1-9-15-12(20-16-9)18-4-2-3-17(5-6-18)8-10-7-14-11(13)19-10;/h7H,2-6,8H2,1H3,(H2,13,14);1H. The maximum absolute atomic E-state index is 5.68. The second-order valence-corrected chi connectivity index (χ2v) is 6.78. The first-order chi connectivity index (χ1) is 9.70. The van der Waals surface area contributed by atoms with Crippen LogP contribution < -0.4 is 10.6 Å². The zero-order chi connectivity index (χ0) is 13.9. The van der Waals surface area contributed by atoms with Gasteiger partial charge in [-0.3, -0.25) is 4.90 Å². The van der Waals surface area contributed by atoms with Crippen LogP contribution in [0.5, 0.6) is 0 Å². The van der Waals surface area contributed by atoms with Gasteiger partial charge in [0, 0.05) is 55.3 Å². The Labute approximate surface area is 138 Å². The molecule has 21 heavy (non-hydrogen) atoms. The van der Waals surface area contributed by atoms with E-state index in [1.807, 2.05) is 13.1 Å². The van der Waals surface area contributed by atoms with Gasteiger partial charge in [0.25, 0.3) is 0 Å². The fourth-order valence-electron chi connectivity index (χ4n) is 2.35. The molecule has 0 unspecified atom stereocenters. The molecule has 0 bridgehead atoms. The van der Waals surface area contributed by atoms with E-state index in [0.717, 1.165) is 50.1 Å². The van der Waals surface area contributed by atoms with Gasteiger partial charge in [-0.2, -0.15) is 4.37 Å². The second kappa shape index (κ2) is 7.35. The van der Waals surface area contributed by atoms with Crippen LogP contribution in [-0.2, 0) is 6.54 Å². The molecule has 2 aromatic rings. The third-order valence-electron chi connectivity index (χ3n) is 3.33. The second-order valence-electron chi connectivity index (χ2n) is 4.91. The summed E-state index contributed by atoms with van der Waals surface area (Å²) >= 11 is 3.08. The lowest BCUT2D eigenvalue weighted by Crippen LogP contribution is -2.30. The van der Waals surface area contributed by atoms with Gasteiger partial charge >= 0.3 is 0 Å². The lowest BCUT2D eigenvalue weighted by molar-refractivity contribution is 0.288. The molecule has 116 valence electrons. The van der Waals surface area contributed by atoms with E-state index in [2.05, 4.69) is 24.1 Å². The average Bonchev–Trinajstić information content (AvgIpc) is 2.94. The van der Waals surface area contributed by atoms with E-state index in [0.29, 0.717) is 5.13 Å². The van der Waals surface area contributed by atoms with Gasteiger partial charge in [0.1, 0.15) is 5.82 Å². The molecule has 3 heterocycles. The van der Waals surface area contributed by atoms with Crippen molar-refractivity contribution in [2.45, 2.75) is 19.9 Å². The molecule has 6 nitrogen and oxygen atoms in total. The van der Waals surface area contributed by atoms with Crippen molar-refractivity contribution in [1.82, 2.24) is 19.2 Å². The quantitative estimate of drug-likeness (QED) is 0.916. The number of aromatic nitrogens is 3. The van der Waals surface area contributed by atoms with Gasteiger partial charge in [0.05, 0.1) is 0 Å². The van der Waals surface area contributed by atoms with Gasteiger partial charge in [-0.05, 0) is 13.3 Å². The summed E-state index contributed by atoms with van der Waals surface area (Å²) in [6, 6.07) is 0. The number of hydrogen-bond acceptors (Lipinski definition) is 8. The molecule has 0 atom stereocenters. The van der Waals surface area contributed by atoms with Gasteiger partial charge in [-0.15, -0.1) is 23.7 Å². The highest BCUT2D eigenvalue weighted by Crippen LogP contribution is 2.21. The lowest BCUT2D eigenvalue weighted by Gasteiger charge is -2.20. The summed E-state index contributed by atoms with van der Waals surface area (Å²) in [5.74, 6) is 0.867. The minimum absolute atomic E-state index is 0. The highest BCUT2D eigenvalue weighted by molar-refractivity contribution is 7.15. The molecule has 3 rings (SSSR count). The third-order valence-corrected chi connectivity index (χ3v) is 5.01. The maximum Gasteiger partial charge on any atom is 0.205 e. The molecule has 0 amide bonds. The molecule has 0 aromatic carbocycles. The van der Waals surface area contributed by atoms with Crippen LogP contribution in [0.2, 0.25) is 0 Å². The number of thiazole rings is 1. The van der Waals surface area contributed by atoms with E-state index < -0.39 is 0 Å². The van der Waals surface area contributed by atoms with E-state index >= 15 is 0 Å². The van der Waals surface area contributed by atoms with Gasteiger partial charge in [0.2, 0.25) is 5.13 Å². The molecule has 1 aliphatic rings. The van der Waals surface area contributed by atoms with E-state index in [9.17, 15) is 0 Å². The molecule has 9 heteroatoms. The molecule has 1 fully saturated rings. The van der Waals surface area contributed by atoms with Gasteiger partial charge in [-0.1, -0.05) is 0 Å². The first kappa shape index (κ1) is 16.4. The van der Waals surface area contributed by atoms with Crippen LogP contribution in [0.4, 0.5) is 10.3 Å². The van der Waals surface area contributed by atoms with Gasteiger partial charge < -0.3 is 10.6 Å². The molecule has 2 aromatic heterocycles. The number of hydrogen-bond donors (Lipinski definition) is 1. The molecule has 0 saturated carbocycles. The molecular formula is C12H19ClN6S2. The van der Waals surface area contributed by atoms with Crippen LogP contribution >= 0.6 is 35.3 Å². The Morgan fingerprint density at radius 1 is 1.29 bits per heavy atom. The molecule has 1 saturated heterocycles. The molecule has 1 aliphatic heterocycles. The third kappa shape index (κ3) is 4.26. The highest BCUT2D eigenvalue weighted by atomic mass is 35.5. The normalized spacial score (nSPS) is 16.5. The summed E-state index contributed by atoms with van der Waals surface area (Å²) in [5, 5.41) is 1.70. The van der Waals surface area contributed by atoms with Crippen molar-refractivity contribution in [3.8, 4) is 0 Å². The molecule has 0 aliphatic carbocycles. The maximum atomic E-state index is 5.68. The topological polar surface area (TPSA) is 71.2 Å². The van der Waals surface area contributed by atoms with Gasteiger partial charge in [-0.25, -0.2) is 9.97 Å². The zero-order valence-electron chi connectivity index (χ0n) is 11.9. The summed E-state index contributed by atoms with van der Waals surface area (Å²) in [7, 11) is 0. The Hall–Kier alpha value is -0.960. The number of nitrogens with zero attached hydrogens (tertiary/aromatic N) is 5. The summed E-state index contributed by atoms with van der Waals surface area (Å²) in [6.07, 6.45) is 3.03. The Kier molecular flexibility index (Phi) is 5.74. The molecule has 0 radical (unpaired) electrons. The molecule has 2 N–H and O–H groups in total. The van der Waals surface area contributed by atoms with E-state index in [1.165, 1.54) is 16.4 Å². The summed E-state index contributed by atoms with van der Waals surface area (Å²) < 4.78 is 4.27. The van der Waals surface area contributed by atoms with Crippen LogP contribution in [0, 0.1) is 6.92 Å². The zero-order valence-corrected chi connectivity index (χ0v) is 14.3. The van der Waals surface area contributed by atoms with Crippen molar-refractivity contribution in [3.63, 3.8) is 0 Å². The SMILES string of the molecule is Cc1nsc(N2CCCN(Cc3cnc(N)s3)CC2)n1.Cl. The van der Waals surface area contributed by atoms with Crippen molar-refractivity contribution in [1.29, 1.82) is 0 Å². The monoisotopic (exact) mass is 346 g/mol. The number of anilines is 2. The first-order valence-corrected chi connectivity index (χ1v) is 8.27. The number of nitrogen functional groups attached to an aromatic ring is 1. The van der Waals surface area contributed by atoms with Crippen molar-refractivity contribution in [2.24, 2.45) is 0 Å². The van der Waals surface area contributed by atoms with Crippen molar-refractivity contribution in [2.75, 3.05) is 36.8 Å². The highest BCUT2D eigenvalue weighted by Gasteiger charge is 2.18. The Balaban J connectivity index is 0.00000161. The Morgan fingerprint density at radius 3 is 2.81 bits per heavy atom. The Bertz CT molecular complexity index is 572. The molecular weight excluding hydrogens is 328 g/mol. The summed E-state index contributed by atoms with van der Waals surface area (Å²) in [5.41, 5.74) is 5.68. The van der Waals surface area contributed by atoms with Crippen molar-refractivity contribution in [3.05, 3.63) is 16.9 Å². The minimum Gasteiger partial charge on any atom is -0.375 e.